The molecule has 6 aromatic rings. The van der Waals surface area contributed by atoms with Crippen LogP contribution >= 0.6 is 38.6 Å². The van der Waals surface area contributed by atoms with Crippen molar-refractivity contribution in [2.75, 3.05) is 5.73 Å². The predicted molar refractivity (Wildman–Crippen MR) is 141 cm³/mol. The molecular weight excluding hydrogens is 605 g/mol. The molecule has 0 aliphatic heterocycles. The zero-order valence-electron chi connectivity index (χ0n) is 19.6. The van der Waals surface area contributed by atoms with Gasteiger partial charge >= 0.3 is 51.4 Å². The van der Waals surface area contributed by atoms with Gasteiger partial charge in [0.2, 0.25) is 0 Å². The molecule has 182 valence electrons. The molecule has 0 fully saturated rings. The Hall–Kier alpha value is -2.14. The van der Waals surface area contributed by atoms with E-state index in [1.54, 1.807) is 23.7 Å². The van der Waals surface area contributed by atoms with E-state index >= 15 is 0 Å². The molecule has 2 N–H and O–H groups in total. The molecule has 14 heteroatoms. The zero-order chi connectivity index (χ0) is 25.5. The Balaban J connectivity index is 0.000000294. The molecule has 37 heavy (non-hydrogen) atoms. The third-order valence-electron chi connectivity index (χ3n) is 4.63. The quantitative estimate of drug-likeness (QED) is 0.134. The second-order valence-electron chi connectivity index (χ2n) is 6.98. The third-order valence-corrected chi connectivity index (χ3v) is 6.43. The summed E-state index contributed by atoms with van der Waals surface area (Å²) in [5, 5.41) is 12.9. The molecule has 0 saturated carbocycles. The zero-order valence-corrected chi connectivity index (χ0v) is 26.0. The summed E-state index contributed by atoms with van der Waals surface area (Å²) < 4.78 is 2.98. The fraction of sp³-hybridized carbons (Fsp3) is 0.0435. The molecule has 10 nitrogen and oxygen atoms in total. The van der Waals surface area contributed by atoms with Gasteiger partial charge in [-0.2, -0.15) is 0 Å². The number of aryl methyl sites for hydroxylation is 1. The van der Waals surface area contributed by atoms with Crippen LogP contribution < -0.4 is 62.4 Å². The summed E-state index contributed by atoms with van der Waals surface area (Å²) in [4.78, 5) is 34.6. The van der Waals surface area contributed by atoms with Crippen molar-refractivity contribution in [1.82, 2.24) is 29.3 Å². The summed E-state index contributed by atoms with van der Waals surface area (Å²) in [6.45, 7) is 1.80. The van der Waals surface area contributed by atoms with Gasteiger partial charge in [-0.3, -0.25) is 19.2 Å². The van der Waals surface area contributed by atoms with E-state index < -0.39 is 0 Å². The molecule has 0 aromatic carbocycles. The molecule has 6 aromatic heterocycles. The van der Waals surface area contributed by atoms with Gasteiger partial charge in [0.1, 0.15) is 11.4 Å². The molecule has 0 bridgehead atoms. The Labute approximate surface area is 270 Å². The summed E-state index contributed by atoms with van der Waals surface area (Å²) in [6.07, 6.45) is 5.48. The maximum absolute atomic E-state index is 8.64. The maximum Gasteiger partial charge on any atom is 1.00 e. The number of imidazole rings is 1. The van der Waals surface area contributed by atoms with Crippen LogP contribution in [0.15, 0.2) is 70.2 Å². The van der Waals surface area contributed by atoms with Crippen LogP contribution in [0.25, 0.3) is 38.8 Å². The number of hydrogen-bond acceptors (Lipinski definition) is 11. The van der Waals surface area contributed by atoms with E-state index in [9.17, 15) is 0 Å². The number of aromatic nitrogens is 6. The first-order chi connectivity index (χ1) is 17.5. The number of nitrogen functional groups attached to an aromatic ring is 1. The standard InChI is InChI=1S/C19H12BrN5S.C3H4N2S.CH2O3.K/c1-11-3-2-4-14(22-11)17-18(25-7-8-26-19(25)24-17)15-6-5-13-16(23-15)9-12(20)10-21-13;4-3-5-1-2-6-3;2-1-4-3;/h2-10H,1H3;1-2H,(H2,4,5);1,3H;/q;;;+1/p-1. The molecular formula is C23H17BrKN7O3S2. The average molecular weight is 623 g/mol. The van der Waals surface area contributed by atoms with Gasteiger partial charge < -0.3 is 15.9 Å². The Kier molecular flexibility index (Phi) is 11.2. The number of hydrogen-bond donors (Lipinski definition) is 1. The number of thiazole rings is 2. The molecule has 6 rings (SSSR count). The topological polar surface area (TPSA) is 144 Å². The monoisotopic (exact) mass is 621 g/mol. The molecule has 0 saturated heterocycles. The molecule has 0 radical (unpaired) electrons. The van der Waals surface area contributed by atoms with Gasteiger partial charge in [-0.05, 0) is 53.2 Å². The Morgan fingerprint density at radius 3 is 2.51 bits per heavy atom. The van der Waals surface area contributed by atoms with Crippen molar-refractivity contribution >= 4 is 66.2 Å². The maximum atomic E-state index is 8.64. The number of carbonyl (C=O) groups excluding carboxylic acids is 1. The third kappa shape index (κ3) is 7.46. The van der Waals surface area contributed by atoms with Crippen molar-refractivity contribution in [1.29, 1.82) is 0 Å². The number of pyridine rings is 3. The fourth-order valence-corrected chi connectivity index (χ4v) is 4.65. The van der Waals surface area contributed by atoms with Crippen molar-refractivity contribution < 1.29 is 66.3 Å². The van der Waals surface area contributed by atoms with Gasteiger partial charge in [0.25, 0.3) is 6.47 Å². The van der Waals surface area contributed by atoms with Crippen LogP contribution in [0.5, 0.6) is 0 Å². The van der Waals surface area contributed by atoms with E-state index in [-0.39, 0.29) is 57.9 Å². The minimum Gasteiger partial charge on any atom is -0.662 e. The van der Waals surface area contributed by atoms with Gasteiger partial charge in [-0.1, -0.05) is 6.07 Å². The van der Waals surface area contributed by atoms with Crippen LogP contribution in [0.1, 0.15) is 5.69 Å². The first-order valence-electron chi connectivity index (χ1n) is 10.2. The summed E-state index contributed by atoms with van der Waals surface area (Å²) in [7, 11) is 0. The molecule has 0 aliphatic rings. The first kappa shape index (κ1) is 29.4. The van der Waals surface area contributed by atoms with E-state index in [1.165, 1.54) is 11.3 Å². The van der Waals surface area contributed by atoms with Gasteiger partial charge in [-0.25, -0.2) is 15.0 Å². The minimum atomic E-state index is -0.181. The summed E-state index contributed by atoms with van der Waals surface area (Å²) in [5.41, 5.74) is 11.3. The van der Waals surface area contributed by atoms with E-state index in [4.69, 9.17) is 25.8 Å². The number of rotatable bonds is 3. The first-order valence-corrected chi connectivity index (χ1v) is 12.7. The smallest absolute Gasteiger partial charge is 0.662 e. The number of nitrogens with two attached hydrogens (primary N) is 1. The van der Waals surface area contributed by atoms with E-state index in [1.807, 2.05) is 60.3 Å². The van der Waals surface area contributed by atoms with Crippen LogP contribution in [-0.2, 0) is 9.68 Å². The molecule has 0 aliphatic carbocycles. The van der Waals surface area contributed by atoms with E-state index in [0.29, 0.717) is 5.13 Å². The Bertz CT molecular complexity index is 1610. The fourth-order valence-electron chi connectivity index (χ4n) is 3.23. The van der Waals surface area contributed by atoms with Crippen molar-refractivity contribution in [2.45, 2.75) is 6.92 Å². The minimum absolute atomic E-state index is 0. The van der Waals surface area contributed by atoms with Gasteiger partial charge in [0, 0.05) is 39.5 Å². The average Bonchev–Trinajstić information content (AvgIpc) is 3.62. The van der Waals surface area contributed by atoms with Crippen LogP contribution in [0.3, 0.4) is 0 Å². The van der Waals surface area contributed by atoms with E-state index in [0.717, 1.165) is 48.9 Å². The normalized spacial score (nSPS) is 10.0. The summed E-state index contributed by atoms with van der Waals surface area (Å²) >= 11 is 6.51. The predicted octanol–water partition coefficient (Wildman–Crippen LogP) is 1.30. The number of fused-ring (bicyclic) bond motifs is 2. The second kappa shape index (κ2) is 14.1. The summed E-state index contributed by atoms with van der Waals surface area (Å²) in [6, 6.07) is 11.9. The van der Waals surface area contributed by atoms with Crippen molar-refractivity contribution in [2.24, 2.45) is 0 Å². The van der Waals surface area contributed by atoms with Gasteiger partial charge in [0.15, 0.2) is 10.1 Å². The molecule has 0 spiro atoms. The molecule has 0 amide bonds. The number of carbonyl (C=O) groups is 1. The number of nitrogens with zero attached hydrogens (tertiary/aromatic N) is 6. The van der Waals surface area contributed by atoms with E-state index in [2.05, 4.69) is 40.2 Å². The van der Waals surface area contributed by atoms with Crippen molar-refractivity contribution in [3.05, 3.63) is 75.9 Å². The SMILES string of the molecule is Cc1cccc(-c2nc3sccn3c2-c2ccc3ncc(Br)cc3n2)n1.Nc1nccs1.O=CO[O-].[K+]. The molecule has 6 heterocycles. The largest absolute Gasteiger partial charge is 1.00 e. The van der Waals surface area contributed by atoms with Crippen molar-refractivity contribution in [3.8, 4) is 22.8 Å². The molecule has 0 atom stereocenters. The van der Waals surface area contributed by atoms with Gasteiger partial charge in [0.05, 0.1) is 22.4 Å². The van der Waals surface area contributed by atoms with Gasteiger partial charge in [-0.15, -0.1) is 22.7 Å². The van der Waals surface area contributed by atoms with Crippen LogP contribution in [0.4, 0.5) is 5.13 Å². The number of halogens is 1. The Morgan fingerprint density at radius 2 is 1.86 bits per heavy atom. The van der Waals surface area contributed by atoms with Crippen LogP contribution in [0, 0.1) is 6.92 Å². The summed E-state index contributed by atoms with van der Waals surface area (Å²) in [5.74, 6) is 0. The van der Waals surface area contributed by atoms with Crippen LogP contribution in [-0.4, -0.2) is 35.8 Å². The van der Waals surface area contributed by atoms with Crippen LogP contribution in [0.2, 0.25) is 0 Å². The van der Waals surface area contributed by atoms with Crippen molar-refractivity contribution in [3.63, 3.8) is 0 Å². The number of anilines is 1. The second-order valence-corrected chi connectivity index (χ2v) is 9.69. The molecule has 0 unspecified atom stereocenters. The Morgan fingerprint density at radius 1 is 1.05 bits per heavy atom.